The predicted molar refractivity (Wildman–Crippen MR) is 74.5 cm³/mol. The molecule has 0 aromatic carbocycles. The lowest BCUT2D eigenvalue weighted by Crippen LogP contribution is -2.55. The Labute approximate surface area is 115 Å². The van der Waals surface area contributed by atoms with Gasteiger partial charge in [-0.1, -0.05) is 5.16 Å². The van der Waals surface area contributed by atoms with Crippen molar-refractivity contribution in [2.24, 2.45) is 11.1 Å². The Kier molecular flexibility index (Phi) is 4.10. The molecule has 0 fully saturated rings. The normalized spacial score (nSPS) is 12.6. The number of carbonyl (C=O) groups is 1. The molecule has 0 bridgehead atoms. The molecule has 0 aliphatic carbocycles. The summed E-state index contributed by atoms with van der Waals surface area (Å²) in [6.07, 6.45) is 0. The minimum Gasteiger partial charge on any atom is -0.361 e. The third kappa shape index (κ3) is 2.97. The van der Waals surface area contributed by atoms with Crippen molar-refractivity contribution < 1.29 is 9.32 Å². The van der Waals surface area contributed by atoms with E-state index in [-0.39, 0.29) is 5.91 Å². The highest BCUT2D eigenvalue weighted by Crippen LogP contribution is 2.31. The smallest absolute Gasteiger partial charge is 0.230 e. The molecule has 0 aliphatic heterocycles. The molecule has 0 radical (unpaired) electrons. The lowest BCUT2D eigenvalue weighted by molar-refractivity contribution is -0.142. The fraction of sp³-hybridized carbons (Fsp3) is 0.714. The first kappa shape index (κ1) is 15.7. The number of nitrogens with zero attached hydrogens (tertiary/aromatic N) is 2. The number of rotatable bonds is 4. The SMILES string of the molecule is Cc1noc(C)c1CN(C)C(=O)C(C)(C)C(C)(C)N. The molecule has 1 rings (SSSR count). The summed E-state index contributed by atoms with van der Waals surface area (Å²) >= 11 is 0. The third-order valence-electron chi connectivity index (χ3n) is 4.07. The van der Waals surface area contributed by atoms with Crippen LogP contribution in [0, 0.1) is 19.3 Å². The Hall–Kier alpha value is -1.36. The van der Waals surface area contributed by atoms with Gasteiger partial charge in [-0.3, -0.25) is 4.79 Å². The van der Waals surface area contributed by atoms with Gasteiger partial charge >= 0.3 is 0 Å². The van der Waals surface area contributed by atoms with Crippen molar-refractivity contribution in [2.75, 3.05) is 7.05 Å². The molecule has 0 atom stereocenters. The zero-order valence-electron chi connectivity index (χ0n) is 13.0. The highest BCUT2D eigenvalue weighted by Gasteiger charge is 2.42. The van der Waals surface area contributed by atoms with Gasteiger partial charge in [0, 0.05) is 18.2 Å². The molecule has 2 N–H and O–H groups in total. The minimum atomic E-state index is -0.638. The van der Waals surface area contributed by atoms with Gasteiger partial charge in [-0.25, -0.2) is 0 Å². The first-order chi connectivity index (χ1) is 8.48. The maximum atomic E-state index is 12.6. The van der Waals surface area contributed by atoms with E-state index in [0.717, 1.165) is 17.0 Å². The second-order valence-electron chi connectivity index (χ2n) is 6.31. The Morgan fingerprint density at radius 3 is 2.21 bits per heavy atom. The van der Waals surface area contributed by atoms with E-state index < -0.39 is 11.0 Å². The van der Waals surface area contributed by atoms with Gasteiger partial charge in [0.15, 0.2) is 0 Å². The Morgan fingerprint density at radius 2 is 1.84 bits per heavy atom. The molecular weight excluding hydrogens is 242 g/mol. The van der Waals surface area contributed by atoms with E-state index in [1.54, 1.807) is 11.9 Å². The van der Waals surface area contributed by atoms with Gasteiger partial charge < -0.3 is 15.2 Å². The van der Waals surface area contributed by atoms with Crippen molar-refractivity contribution in [1.29, 1.82) is 0 Å². The first-order valence-corrected chi connectivity index (χ1v) is 6.44. The van der Waals surface area contributed by atoms with Gasteiger partial charge in [0.1, 0.15) is 5.76 Å². The van der Waals surface area contributed by atoms with Crippen LogP contribution in [0.5, 0.6) is 0 Å². The van der Waals surface area contributed by atoms with Crippen LogP contribution in [0.25, 0.3) is 0 Å². The topological polar surface area (TPSA) is 72.4 Å². The second-order valence-corrected chi connectivity index (χ2v) is 6.31. The minimum absolute atomic E-state index is 0.0139. The predicted octanol–water partition coefficient (Wildman–Crippen LogP) is 2.01. The second kappa shape index (κ2) is 4.96. The molecule has 0 saturated carbocycles. The van der Waals surface area contributed by atoms with Crippen molar-refractivity contribution >= 4 is 5.91 Å². The molecule has 1 aromatic rings. The molecule has 5 heteroatoms. The van der Waals surface area contributed by atoms with Gasteiger partial charge in [0.25, 0.3) is 0 Å². The van der Waals surface area contributed by atoms with Crippen LogP contribution >= 0.6 is 0 Å². The van der Waals surface area contributed by atoms with E-state index in [4.69, 9.17) is 10.3 Å². The maximum absolute atomic E-state index is 12.6. The van der Waals surface area contributed by atoms with Gasteiger partial charge in [-0.05, 0) is 41.5 Å². The molecular formula is C14H25N3O2. The molecule has 1 amide bonds. The summed E-state index contributed by atoms with van der Waals surface area (Å²) in [5.41, 5.74) is 6.66. The number of hydrogen-bond acceptors (Lipinski definition) is 4. The quantitative estimate of drug-likeness (QED) is 0.905. The highest BCUT2D eigenvalue weighted by atomic mass is 16.5. The van der Waals surface area contributed by atoms with Crippen LogP contribution in [0.4, 0.5) is 0 Å². The molecule has 108 valence electrons. The van der Waals surface area contributed by atoms with Gasteiger partial charge in [0.2, 0.25) is 5.91 Å². The van der Waals surface area contributed by atoms with E-state index in [1.807, 2.05) is 41.5 Å². The van der Waals surface area contributed by atoms with Crippen LogP contribution in [0.2, 0.25) is 0 Å². The van der Waals surface area contributed by atoms with Crippen LogP contribution in [0.15, 0.2) is 4.52 Å². The van der Waals surface area contributed by atoms with Crippen molar-refractivity contribution in [3.63, 3.8) is 0 Å². The van der Waals surface area contributed by atoms with E-state index in [0.29, 0.717) is 6.54 Å². The summed E-state index contributed by atoms with van der Waals surface area (Å²) in [7, 11) is 1.78. The summed E-state index contributed by atoms with van der Waals surface area (Å²) in [6.45, 7) is 11.7. The number of carbonyl (C=O) groups excluding carboxylic acids is 1. The molecule has 5 nitrogen and oxygen atoms in total. The van der Waals surface area contributed by atoms with Crippen LogP contribution < -0.4 is 5.73 Å². The van der Waals surface area contributed by atoms with Crippen molar-refractivity contribution in [3.05, 3.63) is 17.0 Å². The molecule has 1 aromatic heterocycles. The highest BCUT2D eigenvalue weighted by molar-refractivity contribution is 5.83. The summed E-state index contributed by atoms with van der Waals surface area (Å²) in [4.78, 5) is 14.2. The average molecular weight is 267 g/mol. The van der Waals surface area contributed by atoms with E-state index in [9.17, 15) is 4.79 Å². The van der Waals surface area contributed by atoms with Crippen molar-refractivity contribution in [3.8, 4) is 0 Å². The average Bonchev–Trinajstić information content (AvgIpc) is 2.58. The maximum Gasteiger partial charge on any atom is 0.230 e. The van der Waals surface area contributed by atoms with E-state index in [2.05, 4.69) is 5.16 Å². The number of amides is 1. The monoisotopic (exact) mass is 267 g/mol. The largest absolute Gasteiger partial charge is 0.361 e. The van der Waals surface area contributed by atoms with Gasteiger partial charge in [-0.15, -0.1) is 0 Å². The molecule has 0 spiro atoms. The summed E-state index contributed by atoms with van der Waals surface area (Å²) < 4.78 is 5.12. The molecule has 0 aliphatic rings. The first-order valence-electron chi connectivity index (χ1n) is 6.44. The van der Waals surface area contributed by atoms with Crippen LogP contribution in [-0.2, 0) is 11.3 Å². The molecule has 0 saturated heterocycles. The Balaban J connectivity index is 2.91. The summed E-state index contributed by atoms with van der Waals surface area (Å²) in [6, 6.07) is 0. The van der Waals surface area contributed by atoms with Crippen LogP contribution in [-0.4, -0.2) is 28.6 Å². The van der Waals surface area contributed by atoms with Crippen LogP contribution in [0.1, 0.15) is 44.7 Å². The molecule has 1 heterocycles. The molecule has 19 heavy (non-hydrogen) atoms. The molecule has 0 unspecified atom stereocenters. The fourth-order valence-corrected chi connectivity index (χ4v) is 1.79. The number of nitrogens with two attached hydrogens (primary N) is 1. The number of aryl methyl sites for hydroxylation is 2. The lowest BCUT2D eigenvalue weighted by atomic mass is 9.74. The zero-order valence-corrected chi connectivity index (χ0v) is 13.0. The van der Waals surface area contributed by atoms with Crippen LogP contribution in [0.3, 0.4) is 0 Å². The Morgan fingerprint density at radius 1 is 1.32 bits per heavy atom. The van der Waals surface area contributed by atoms with Gasteiger partial charge in [0.05, 0.1) is 17.7 Å². The van der Waals surface area contributed by atoms with Crippen molar-refractivity contribution in [2.45, 2.75) is 53.6 Å². The number of aromatic nitrogens is 1. The Bertz CT molecular complexity index is 450. The standard InChI is InChI=1S/C14H25N3O2/c1-9-11(10(2)19-16-9)8-17(7)12(18)13(3,4)14(5,6)15/h8,15H2,1-7H3. The van der Waals surface area contributed by atoms with Gasteiger partial charge in [-0.2, -0.15) is 0 Å². The van der Waals surface area contributed by atoms with E-state index in [1.165, 1.54) is 0 Å². The summed E-state index contributed by atoms with van der Waals surface area (Å²) in [5, 5.41) is 3.90. The number of hydrogen-bond donors (Lipinski definition) is 1. The lowest BCUT2D eigenvalue weighted by Gasteiger charge is -2.39. The fourth-order valence-electron chi connectivity index (χ4n) is 1.79. The third-order valence-corrected chi connectivity index (χ3v) is 4.07. The zero-order chi connectivity index (χ0) is 15.0. The summed E-state index contributed by atoms with van der Waals surface area (Å²) in [5.74, 6) is 0.766. The van der Waals surface area contributed by atoms with Crippen molar-refractivity contribution in [1.82, 2.24) is 10.1 Å². The van der Waals surface area contributed by atoms with E-state index >= 15 is 0 Å².